The number of carbonyl (C=O) groups excluding carboxylic acids is 1. The second-order valence-corrected chi connectivity index (χ2v) is 3.74. The molecule has 0 atom stereocenters. The zero-order valence-electron chi connectivity index (χ0n) is 7.77. The Balaban J connectivity index is 2.55. The molecule has 1 aromatic carbocycles. The van der Waals surface area contributed by atoms with E-state index in [0.29, 0.717) is 5.69 Å². The van der Waals surface area contributed by atoms with Crippen molar-refractivity contribution in [2.24, 2.45) is 10.9 Å². The van der Waals surface area contributed by atoms with Gasteiger partial charge in [-0.1, -0.05) is 21.1 Å². The molecule has 0 unspecified atom stereocenters. The van der Waals surface area contributed by atoms with Crippen LogP contribution in [0.2, 0.25) is 0 Å². The van der Waals surface area contributed by atoms with Crippen molar-refractivity contribution in [3.05, 3.63) is 28.7 Å². The van der Waals surface area contributed by atoms with Crippen molar-refractivity contribution in [3.8, 4) is 0 Å². The highest BCUT2D eigenvalue weighted by molar-refractivity contribution is 9.10. The van der Waals surface area contributed by atoms with Crippen LogP contribution >= 0.6 is 15.9 Å². The number of carbonyl (C=O) groups is 1. The fourth-order valence-electron chi connectivity index (χ4n) is 0.938. The quantitative estimate of drug-likeness (QED) is 0.337. The summed E-state index contributed by atoms with van der Waals surface area (Å²) in [6.45, 7) is 0. The molecule has 5 nitrogen and oxygen atoms in total. The maximum atomic E-state index is 11.3. The van der Waals surface area contributed by atoms with Gasteiger partial charge in [-0.2, -0.15) is 0 Å². The minimum absolute atomic E-state index is 0.121. The fraction of sp³-hybridized carbons (Fsp3) is 0.111. The van der Waals surface area contributed by atoms with E-state index >= 15 is 0 Å². The Kier molecular flexibility index (Phi) is 4.11. The van der Waals surface area contributed by atoms with Crippen LogP contribution < -0.4 is 11.1 Å². The average Bonchev–Trinajstić information content (AvgIpc) is 2.21. The van der Waals surface area contributed by atoms with Crippen LogP contribution in [0.5, 0.6) is 0 Å². The maximum absolute atomic E-state index is 11.3. The third-order valence-corrected chi connectivity index (χ3v) is 2.13. The summed E-state index contributed by atoms with van der Waals surface area (Å²) in [6.07, 6.45) is -0.132. The van der Waals surface area contributed by atoms with E-state index in [1.54, 1.807) is 24.3 Å². The number of oxime groups is 1. The standard InChI is InChI=1S/C9H10BrN3O2/c10-6-1-3-7(4-2-6)12-9(14)5-8(11)13-15/h1-4,15H,5H2,(H2,11,13)(H,12,14). The molecule has 0 aromatic heterocycles. The number of nitrogens with zero attached hydrogens (tertiary/aromatic N) is 1. The van der Waals surface area contributed by atoms with Crippen LogP contribution in [0.1, 0.15) is 6.42 Å². The third kappa shape index (κ3) is 3.99. The van der Waals surface area contributed by atoms with Crippen LogP contribution in [0.4, 0.5) is 5.69 Å². The summed E-state index contributed by atoms with van der Waals surface area (Å²) in [5.41, 5.74) is 5.84. The van der Waals surface area contributed by atoms with Gasteiger partial charge < -0.3 is 16.3 Å². The molecule has 15 heavy (non-hydrogen) atoms. The lowest BCUT2D eigenvalue weighted by atomic mass is 10.3. The summed E-state index contributed by atoms with van der Waals surface area (Å²) in [5.74, 6) is -0.447. The number of halogens is 1. The molecule has 1 aromatic rings. The summed E-state index contributed by atoms with van der Waals surface area (Å²) in [4.78, 5) is 11.3. The van der Waals surface area contributed by atoms with Gasteiger partial charge in [0.15, 0.2) is 0 Å². The number of hydrogen-bond donors (Lipinski definition) is 3. The van der Waals surface area contributed by atoms with Crippen molar-refractivity contribution in [1.82, 2.24) is 0 Å². The molecular formula is C9H10BrN3O2. The summed E-state index contributed by atoms with van der Waals surface area (Å²) in [6, 6.07) is 7.10. The molecule has 6 heteroatoms. The predicted molar refractivity (Wildman–Crippen MR) is 60.8 cm³/mol. The molecule has 0 fully saturated rings. The van der Waals surface area contributed by atoms with E-state index in [2.05, 4.69) is 26.4 Å². The van der Waals surface area contributed by atoms with Crippen molar-refractivity contribution >= 4 is 33.4 Å². The number of anilines is 1. The van der Waals surface area contributed by atoms with E-state index in [1.807, 2.05) is 0 Å². The number of nitrogens with two attached hydrogens (primary N) is 1. The van der Waals surface area contributed by atoms with Gasteiger partial charge in [-0.25, -0.2) is 0 Å². The second-order valence-electron chi connectivity index (χ2n) is 2.82. The van der Waals surface area contributed by atoms with Crippen molar-refractivity contribution in [2.45, 2.75) is 6.42 Å². The van der Waals surface area contributed by atoms with Gasteiger partial charge in [-0.3, -0.25) is 4.79 Å². The summed E-state index contributed by atoms with van der Waals surface area (Å²) < 4.78 is 0.928. The number of rotatable bonds is 3. The first-order valence-corrected chi connectivity index (χ1v) is 4.93. The molecule has 0 spiro atoms. The van der Waals surface area contributed by atoms with Crippen molar-refractivity contribution in [1.29, 1.82) is 0 Å². The molecule has 0 radical (unpaired) electrons. The average molecular weight is 272 g/mol. The molecule has 1 rings (SSSR count). The summed E-state index contributed by atoms with van der Waals surface area (Å²) >= 11 is 3.28. The Bertz CT molecular complexity index is 375. The minimum Gasteiger partial charge on any atom is -0.409 e. The molecule has 0 saturated heterocycles. The van der Waals surface area contributed by atoms with Crippen LogP contribution in [0.25, 0.3) is 0 Å². The first kappa shape index (κ1) is 11.5. The van der Waals surface area contributed by atoms with E-state index in [0.717, 1.165) is 4.47 Å². The molecule has 80 valence electrons. The van der Waals surface area contributed by atoms with E-state index in [-0.39, 0.29) is 18.2 Å². The van der Waals surface area contributed by atoms with Crippen molar-refractivity contribution < 1.29 is 10.0 Å². The first-order valence-electron chi connectivity index (χ1n) is 4.13. The summed E-state index contributed by atoms with van der Waals surface area (Å²) in [7, 11) is 0. The molecule has 0 aliphatic heterocycles. The van der Waals surface area contributed by atoms with Gasteiger partial charge >= 0.3 is 0 Å². The fourth-order valence-corrected chi connectivity index (χ4v) is 1.20. The van der Waals surface area contributed by atoms with Gasteiger partial charge in [0.05, 0.1) is 6.42 Å². The highest BCUT2D eigenvalue weighted by Gasteiger charge is 2.04. The molecule has 0 heterocycles. The highest BCUT2D eigenvalue weighted by atomic mass is 79.9. The normalized spacial score (nSPS) is 11.1. The highest BCUT2D eigenvalue weighted by Crippen LogP contribution is 2.14. The number of nitrogens with one attached hydrogen (secondary N) is 1. The zero-order valence-corrected chi connectivity index (χ0v) is 9.36. The zero-order chi connectivity index (χ0) is 11.3. The number of amidine groups is 1. The van der Waals surface area contributed by atoms with E-state index in [1.165, 1.54) is 0 Å². The van der Waals surface area contributed by atoms with Gasteiger partial charge in [0.2, 0.25) is 5.91 Å². The Morgan fingerprint density at radius 1 is 1.47 bits per heavy atom. The molecule has 0 bridgehead atoms. The van der Waals surface area contributed by atoms with E-state index in [4.69, 9.17) is 10.9 Å². The largest absolute Gasteiger partial charge is 0.409 e. The lowest BCUT2D eigenvalue weighted by Crippen LogP contribution is -2.21. The molecular weight excluding hydrogens is 262 g/mol. The van der Waals surface area contributed by atoms with Gasteiger partial charge in [-0.05, 0) is 24.3 Å². The first-order chi connectivity index (χ1) is 7.11. The topological polar surface area (TPSA) is 87.7 Å². The number of amides is 1. The van der Waals surface area contributed by atoms with Gasteiger partial charge in [-0.15, -0.1) is 0 Å². The van der Waals surface area contributed by atoms with Gasteiger partial charge in [0.25, 0.3) is 0 Å². The summed E-state index contributed by atoms with van der Waals surface area (Å²) in [5, 5.41) is 13.6. The lowest BCUT2D eigenvalue weighted by molar-refractivity contribution is -0.115. The van der Waals surface area contributed by atoms with Crippen molar-refractivity contribution in [2.75, 3.05) is 5.32 Å². The van der Waals surface area contributed by atoms with Crippen LogP contribution in [-0.2, 0) is 4.79 Å². The Morgan fingerprint density at radius 3 is 2.60 bits per heavy atom. The number of benzene rings is 1. The van der Waals surface area contributed by atoms with Crippen LogP contribution in [0.15, 0.2) is 33.9 Å². The molecule has 0 saturated carbocycles. The van der Waals surface area contributed by atoms with Crippen LogP contribution in [-0.4, -0.2) is 17.0 Å². The Labute approximate surface area is 95.1 Å². The van der Waals surface area contributed by atoms with Crippen molar-refractivity contribution in [3.63, 3.8) is 0 Å². The van der Waals surface area contributed by atoms with E-state index < -0.39 is 0 Å². The molecule has 0 aliphatic carbocycles. The number of hydrogen-bond acceptors (Lipinski definition) is 3. The predicted octanol–water partition coefficient (Wildman–Crippen LogP) is 1.52. The smallest absolute Gasteiger partial charge is 0.232 e. The molecule has 1 amide bonds. The maximum Gasteiger partial charge on any atom is 0.232 e. The third-order valence-electron chi connectivity index (χ3n) is 1.60. The minimum atomic E-state index is -0.326. The monoisotopic (exact) mass is 271 g/mol. The van der Waals surface area contributed by atoms with Crippen LogP contribution in [0.3, 0.4) is 0 Å². The van der Waals surface area contributed by atoms with Crippen LogP contribution in [0, 0.1) is 0 Å². The second kappa shape index (κ2) is 5.35. The van der Waals surface area contributed by atoms with Gasteiger partial charge in [0, 0.05) is 10.2 Å². The molecule has 0 aliphatic rings. The Morgan fingerprint density at radius 2 is 2.07 bits per heavy atom. The SMILES string of the molecule is N/C(CC(=O)Nc1ccc(Br)cc1)=N\O. The lowest BCUT2D eigenvalue weighted by Gasteiger charge is -2.03. The van der Waals surface area contributed by atoms with E-state index in [9.17, 15) is 4.79 Å². The molecule has 4 N–H and O–H groups in total. The Hall–Kier alpha value is -1.56. The van der Waals surface area contributed by atoms with Gasteiger partial charge in [0.1, 0.15) is 5.84 Å².